The number of hydrogen-bond donors (Lipinski definition) is 3. The lowest BCUT2D eigenvalue weighted by Crippen LogP contribution is -2.56. The zero-order valence-electron chi connectivity index (χ0n) is 18.8. The fourth-order valence-corrected chi connectivity index (χ4v) is 4.33. The van der Waals surface area contributed by atoms with E-state index < -0.39 is 36.0 Å². The summed E-state index contributed by atoms with van der Waals surface area (Å²) in [5, 5.41) is 22.5. The molecule has 1 aliphatic carbocycles. The molecule has 0 aromatic heterocycles. The van der Waals surface area contributed by atoms with Crippen LogP contribution in [0.1, 0.15) is 64.4 Å². The number of alkyl halides is 2. The molecule has 2 rings (SSSR count). The van der Waals surface area contributed by atoms with Crippen molar-refractivity contribution in [3.63, 3.8) is 0 Å². The van der Waals surface area contributed by atoms with Crippen molar-refractivity contribution in [3.05, 3.63) is 35.9 Å². The maximum atomic E-state index is 15.2. The summed E-state index contributed by atoms with van der Waals surface area (Å²) in [5.41, 5.74) is 0.736. The predicted octanol–water partition coefficient (Wildman–Crippen LogP) is 4.99. The Morgan fingerprint density at radius 1 is 1.16 bits per heavy atom. The van der Waals surface area contributed by atoms with Crippen LogP contribution < -0.4 is 5.32 Å². The fraction of sp³-hybridized carbons (Fsp3) is 0.667. The Kier molecular flexibility index (Phi) is 9.87. The number of rotatable bonds is 11. The molecule has 0 heterocycles. The predicted molar refractivity (Wildman–Crippen MR) is 116 cm³/mol. The first kappa shape index (κ1) is 26.0. The van der Waals surface area contributed by atoms with Crippen LogP contribution in [0.3, 0.4) is 0 Å². The summed E-state index contributed by atoms with van der Waals surface area (Å²) in [5.74, 6) is -7.85. The largest absolute Gasteiger partial charge is 0.481 e. The van der Waals surface area contributed by atoms with E-state index in [4.69, 9.17) is 4.74 Å². The van der Waals surface area contributed by atoms with E-state index in [0.717, 1.165) is 37.7 Å². The average Bonchev–Trinajstić information content (AvgIpc) is 2.76. The minimum Gasteiger partial charge on any atom is -0.481 e. The van der Waals surface area contributed by atoms with Gasteiger partial charge in [0.15, 0.2) is 0 Å². The lowest BCUT2D eigenvalue weighted by molar-refractivity contribution is -0.185. The number of nitrogens with one attached hydrogen (secondary N) is 1. The number of aliphatic hydroxyl groups is 1. The maximum Gasteiger partial charge on any atom is 0.407 e. The number of alkyl carbamates (subject to hydrolysis) is 1. The van der Waals surface area contributed by atoms with Crippen LogP contribution >= 0.6 is 0 Å². The van der Waals surface area contributed by atoms with E-state index in [0.29, 0.717) is 0 Å². The molecule has 0 unspecified atom stereocenters. The van der Waals surface area contributed by atoms with Gasteiger partial charge in [0.2, 0.25) is 0 Å². The second-order valence-corrected chi connectivity index (χ2v) is 9.19. The third kappa shape index (κ3) is 7.73. The Bertz CT molecular complexity index is 722. The van der Waals surface area contributed by atoms with E-state index in [-0.39, 0.29) is 31.3 Å². The van der Waals surface area contributed by atoms with Crippen molar-refractivity contribution < 1.29 is 33.3 Å². The number of aliphatic hydroxyl groups excluding tert-OH is 1. The van der Waals surface area contributed by atoms with Gasteiger partial charge >= 0.3 is 12.1 Å². The first-order chi connectivity index (χ1) is 15.1. The number of carboxylic acids is 1. The zero-order valence-corrected chi connectivity index (χ0v) is 18.8. The topological polar surface area (TPSA) is 95.9 Å². The number of hydrogen-bond acceptors (Lipinski definition) is 4. The standard InChI is InChI=1S/C24H35F2NO5/c1-16(2)13-19(22(29)30)24(25,26)21(28)20(14-17-9-5-3-6-10-17)27-23(31)32-15-18-11-7-4-8-12-18/h4,7-8,11-12,16-17,19-21,28H,3,5-6,9-10,13-15H2,1-2H3,(H,27,31)(H,29,30)/t19-,20-,21+/m1/s1. The first-order valence-electron chi connectivity index (χ1n) is 11.4. The van der Waals surface area contributed by atoms with E-state index in [2.05, 4.69) is 5.32 Å². The maximum absolute atomic E-state index is 15.2. The second kappa shape index (κ2) is 12.1. The molecular formula is C24H35F2NO5. The van der Waals surface area contributed by atoms with Crippen LogP contribution in [0, 0.1) is 17.8 Å². The number of amides is 1. The number of carboxylic acid groups (broad SMARTS) is 1. The Hall–Kier alpha value is -2.22. The third-order valence-electron chi connectivity index (χ3n) is 6.07. The molecule has 3 atom stereocenters. The van der Waals surface area contributed by atoms with E-state index in [1.807, 2.05) is 6.07 Å². The van der Waals surface area contributed by atoms with Crippen LogP contribution in [0.4, 0.5) is 13.6 Å². The summed E-state index contributed by atoms with van der Waals surface area (Å²) >= 11 is 0. The van der Waals surface area contributed by atoms with Crippen molar-refractivity contribution in [3.8, 4) is 0 Å². The molecule has 3 N–H and O–H groups in total. The van der Waals surface area contributed by atoms with Crippen LogP contribution in [0.2, 0.25) is 0 Å². The molecule has 1 aromatic carbocycles. The Labute approximate surface area is 188 Å². The highest BCUT2D eigenvalue weighted by Crippen LogP contribution is 2.37. The number of ether oxygens (including phenoxy) is 1. The van der Waals surface area contributed by atoms with Gasteiger partial charge in [0.05, 0.1) is 6.04 Å². The Balaban J connectivity index is 2.14. The molecule has 1 aliphatic rings. The van der Waals surface area contributed by atoms with Crippen molar-refractivity contribution in [1.29, 1.82) is 0 Å². The van der Waals surface area contributed by atoms with Crippen molar-refractivity contribution in [2.45, 2.75) is 83.5 Å². The number of carbonyl (C=O) groups excluding carboxylic acids is 1. The monoisotopic (exact) mass is 455 g/mol. The number of halogens is 2. The van der Waals surface area contributed by atoms with Crippen LogP contribution in [0.15, 0.2) is 30.3 Å². The molecule has 1 saturated carbocycles. The third-order valence-corrected chi connectivity index (χ3v) is 6.07. The van der Waals surface area contributed by atoms with Gasteiger partial charge in [-0.05, 0) is 30.2 Å². The molecule has 1 amide bonds. The highest BCUT2D eigenvalue weighted by molar-refractivity contribution is 5.71. The number of carbonyl (C=O) groups is 2. The van der Waals surface area contributed by atoms with Crippen LogP contribution in [0.25, 0.3) is 0 Å². The van der Waals surface area contributed by atoms with Gasteiger partial charge in [-0.15, -0.1) is 0 Å². The Morgan fingerprint density at radius 3 is 2.34 bits per heavy atom. The number of aliphatic carboxylic acids is 1. The van der Waals surface area contributed by atoms with Crippen molar-refractivity contribution in [2.24, 2.45) is 17.8 Å². The van der Waals surface area contributed by atoms with E-state index in [1.54, 1.807) is 38.1 Å². The molecule has 32 heavy (non-hydrogen) atoms. The molecule has 0 radical (unpaired) electrons. The van der Waals surface area contributed by atoms with Crippen molar-refractivity contribution in [1.82, 2.24) is 5.32 Å². The lowest BCUT2D eigenvalue weighted by Gasteiger charge is -2.36. The highest BCUT2D eigenvalue weighted by Gasteiger charge is 2.53. The molecule has 0 saturated heterocycles. The summed E-state index contributed by atoms with van der Waals surface area (Å²) in [6, 6.07) is 7.60. The minimum absolute atomic E-state index is 0.0413. The van der Waals surface area contributed by atoms with Gasteiger partial charge in [0.1, 0.15) is 18.6 Å². The van der Waals surface area contributed by atoms with Gasteiger partial charge in [-0.3, -0.25) is 4.79 Å². The summed E-state index contributed by atoms with van der Waals surface area (Å²) in [6.45, 7) is 3.26. The normalized spacial score (nSPS) is 18.1. The van der Waals surface area contributed by atoms with Crippen LogP contribution in [-0.4, -0.2) is 40.3 Å². The van der Waals surface area contributed by atoms with Gasteiger partial charge in [-0.25, -0.2) is 13.6 Å². The second-order valence-electron chi connectivity index (χ2n) is 9.19. The quantitative estimate of drug-likeness (QED) is 0.437. The first-order valence-corrected chi connectivity index (χ1v) is 11.4. The fourth-order valence-electron chi connectivity index (χ4n) is 4.33. The molecule has 8 heteroatoms. The van der Waals surface area contributed by atoms with Gasteiger partial charge in [-0.1, -0.05) is 76.3 Å². The van der Waals surface area contributed by atoms with Crippen LogP contribution in [-0.2, 0) is 16.1 Å². The van der Waals surface area contributed by atoms with Gasteiger partial charge in [0, 0.05) is 0 Å². The van der Waals surface area contributed by atoms with Gasteiger partial charge < -0.3 is 20.3 Å². The number of benzene rings is 1. The van der Waals surface area contributed by atoms with Crippen molar-refractivity contribution in [2.75, 3.05) is 0 Å². The van der Waals surface area contributed by atoms with E-state index >= 15 is 8.78 Å². The average molecular weight is 456 g/mol. The zero-order chi connectivity index (χ0) is 23.7. The molecule has 180 valence electrons. The molecule has 1 fully saturated rings. The smallest absolute Gasteiger partial charge is 0.407 e. The summed E-state index contributed by atoms with van der Waals surface area (Å²) in [6.07, 6.45) is 1.25. The summed E-state index contributed by atoms with van der Waals surface area (Å²) in [7, 11) is 0. The highest BCUT2D eigenvalue weighted by atomic mass is 19.3. The summed E-state index contributed by atoms with van der Waals surface area (Å²) < 4.78 is 35.5. The Morgan fingerprint density at radius 2 is 1.78 bits per heavy atom. The SMILES string of the molecule is CC(C)C[C@H](C(=O)O)C(F)(F)[C@@H](O)[C@@H](CC1CCCCC1)NC(=O)OCc1ccccc1. The minimum atomic E-state index is -3.91. The van der Waals surface area contributed by atoms with Crippen LogP contribution in [0.5, 0.6) is 0 Å². The molecule has 6 nitrogen and oxygen atoms in total. The van der Waals surface area contributed by atoms with E-state index in [1.165, 1.54) is 0 Å². The molecule has 0 spiro atoms. The molecular weight excluding hydrogens is 420 g/mol. The lowest BCUT2D eigenvalue weighted by atomic mass is 9.80. The molecule has 0 aliphatic heterocycles. The molecule has 1 aromatic rings. The summed E-state index contributed by atoms with van der Waals surface area (Å²) in [4.78, 5) is 24.0. The van der Waals surface area contributed by atoms with Crippen molar-refractivity contribution >= 4 is 12.1 Å². The van der Waals surface area contributed by atoms with E-state index in [9.17, 15) is 19.8 Å². The van der Waals surface area contributed by atoms with Gasteiger partial charge in [0.25, 0.3) is 5.92 Å². The molecule has 0 bridgehead atoms. The van der Waals surface area contributed by atoms with Gasteiger partial charge in [-0.2, -0.15) is 0 Å².